The first-order chi connectivity index (χ1) is 9.95. The van der Waals surface area contributed by atoms with Crippen LogP contribution in [0.2, 0.25) is 0 Å². The fraction of sp³-hybridized carbons (Fsp3) is 0.222. The van der Waals surface area contributed by atoms with E-state index in [-0.39, 0.29) is 11.7 Å². The zero-order valence-corrected chi connectivity index (χ0v) is 12.6. The normalized spacial score (nSPS) is 10.2. The summed E-state index contributed by atoms with van der Waals surface area (Å²) in [4.78, 5) is 23.4. The molecule has 0 radical (unpaired) electrons. The van der Waals surface area contributed by atoms with Gasteiger partial charge >= 0.3 is 0 Å². The number of hydrogen-bond donors (Lipinski definition) is 1. The quantitative estimate of drug-likeness (QED) is 0.869. The predicted octanol–water partition coefficient (Wildman–Crippen LogP) is 3.69. The van der Waals surface area contributed by atoms with Gasteiger partial charge in [0.05, 0.1) is 6.42 Å². The SMILES string of the molecule is CC(=O)c1cccc(NC(=O)Cc2ccc(C)cc2C)c1. The van der Waals surface area contributed by atoms with Gasteiger partial charge in [0.15, 0.2) is 5.78 Å². The lowest BCUT2D eigenvalue weighted by atomic mass is 10.0. The van der Waals surface area contributed by atoms with Crippen molar-refractivity contribution in [3.05, 3.63) is 64.7 Å². The summed E-state index contributed by atoms with van der Waals surface area (Å²) in [5.74, 6) is -0.0943. The van der Waals surface area contributed by atoms with E-state index in [4.69, 9.17) is 0 Å². The van der Waals surface area contributed by atoms with Crippen LogP contribution in [0.15, 0.2) is 42.5 Å². The Bertz CT molecular complexity index is 689. The van der Waals surface area contributed by atoms with Gasteiger partial charge in [0.2, 0.25) is 5.91 Å². The van der Waals surface area contributed by atoms with E-state index in [0.717, 1.165) is 11.1 Å². The molecule has 0 aromatic heterocycles. The van der Waals surface area contributed by atoms with E-state index in [9.17, 15) is 9.59 Å². The van der Waals surface area contributed by atoms with Crippen LogP contribution in [-0.2, 0) is 11.2 Å². The van der Waals surface area contributed by atoms with E-state index in [1.807, 2.05) is 26.0 Å². The second-order valence-corrected chi connectivity index (χ2v) is 5.29. The van der Waals surface area contributed by atoms with Crippen LogP contribution in [-0.4, -0.2) is 11.7 Å². The van der Waals surface area contributed by atoms with Gasteiger partial charge in [-0.3, -0.25) is 9.59 Å². The third kappa shape index (κ3) is 4.02. The highest BCUT2D eigenvalue weighted by atomic mass is 16.1. The monoisotopic (exact) mass is 281 g/mol. The van der Waals surface area contributed by atoms with E-state index in [2.05, 4.69) is 11.4 Å². The lowest BCUT2D eigenvalue weighted by Crippen LogP contribution is -2.15. The van der Waals surface area contributed by atoms with Gasteiger partial charge in [0, 0.05) is 11.3 Å². The number of nitrogens with one attached hydrogen (secondary N) is 1. The highest BCUT2D eigenvalue weighted by molar-refractivity contribution is 5.97. The van der Waals surface area contributed by atoms with Crippen molar-refractivity contribution in [3.63, 3.8) is 0 Å². The molecule has 0 aliphatic carbocycles. The van der Waals surface area contributed by atoms with E-state index >= 15 is 0 Å². The van der Waals surface area contributed by atoms with E-state index in [0.29, 0.717) is 17.7 Å². The molecule has 0 aliphatic rings. The smallest absolute Gasteiger partial charge is 0.228 e. The first-order valence-electron chi connectivity index (χ1n) is 6.92. The Morgan fingerprint density at radius 1 is 1.05 bits per heavy atom. The Kier molecular flexibility index (Phi) is 4.53. The molecule has 2 rings (SSSR count). The molecule has 2 aromatic rings. The van der Waals surface area contributed by atoms with Gasteiger partial charge in [-0.05, 0) is 44.0 Å². The van der Waals surface area contributed by atoms with Gasteiger partial charge in [-0.15, -0.1) is 0 Å². The van der Waals surface area contributed by atoms with E-state index < -0.39 is 0 Å². The molecule has 0 spiro atoms. The molecule has 0 saturated heterocycles. The van der Waals surface area contributed by atoms with Crippen molar-refractivity contribution in [2.45, 2.75) is 27.2 Å². The molecule has 108 valence electrons. The van der Waals surface area contributed by atoms with Gasteiger partial charge in [0.1, 0.15) is 0 Å². The molecular weight excluding hydrogens is 262 g/mol. The zero-order chi connectivity index (χ0) is 15.4. The van der Waals surface area contributed by atoms with Gasteiger partial charge in [-0.1, -0.05) is 35.9 Å². The van der Waals surface area contributed by atoms with Crippen LogP contribution in [0.1, 0.15) is 34.0 Å². The molecule has 1 amide bonds. The van der Waals surface area contributed by atoms with Crippen molar-refractivity contribution in [2.75, 3.05) is 5.32 Å². The first kappa shape index (κ1) is 15.0. The summed E-state index contributed by atoms with van der Waals surface area (Å²) in [6, 6.07) is 13.0. The molecule has 3 nitrogen and oxygen atoms in total. The van der Waals surface area contributed by atoms with Crippen molar-refractivity contribution in [3.8, 4) is 0 Å². The third-order valence-electron chi connectivity index (χ3n) is 3.40. The number of carbonyl (C=O) groups is 2. The maximum absolute atomic E-state index is 12.1. The number of Topliss-reactive ketones (excluding diaryl/α,β-unsaturated/α-hetero) is 1. The van der Waals surface area contributed by atoms with Crippen molar-refractivity contribution in [1.82, 2.24) is 0 Å². The van der Waals surface area contributed by atoms with Crippen LogP contribution < -0.4 is 5.32 Å². The lowest BCUT2D eigenvalue weighted by Gasteiger charge is -2.09. The number of amides is 1. The number of anilines is 1. The fourth-order valence-electron chi connectivity index (χ4n) is 2.24. The Morgan fingerprint density at radius 3 is 2.48 bits per heavy atom. The number of benzene rings is 2. The average Bonchev–Trinajstić information content (AvgIpc) is 2.42. The van der Waals surface area contributed by atoms with Crippen LogP contribution >= 0.6 is 0 Å². The minimum atomic E-state index is -0.0809. The largest absolute Gasteiger partial charge is 0.326 e. The maximum atomic E-state index is 12.1. The van der Waals surface area contributed by atoms with Gasteiger partial charge < -0.3 is 5.32 Å². The van der Waals surface area contributed by atoms with Crippen molar-refractivity contribution >= 4 is 17.4 Å². The average molecular weight is 281 g/mol. The van der Waals surface area contributed by atoms with E-state index in [1.54, 1.807) is 24.3 Å². The number of rotatable bonds is 4. The minimum Gasteiger partial charge on any atom is -0.326 e. The van der Waals surface area contributed by atoms with Gasteiger partial charge in [0.25, 0.3) is 0 Å². The number of carbonyl (C=O) groups excluding carboxylic acids is 2. The molecule has 21 heavy (non-hydrogen) atoms. The number of ketones is 1. The molecular formula is C18H19NO2. The van der Waals surface area contributed by atoms with Crippen molar-refractivity contribution in [2.24, 2.45) is 0 Å². The van der Waals surface area contributed by atoms with Crippen LogP contribution in [0.4, 0.5) is 5.69 Å². The Balaban J connectivity index is 2.08. The third-order valence-corrected chi connectivity index (χ3v) is 3.40. The minimum absolute atomic E-state index is 0.0134. The summed E-state index contributed by atoms with van der Waals surface area (Å²) < 4.78 is 0. The molecule has 0 unspecified atom stereocenters. The number of aryl methyl sites for hydroxylation is 2. The summed E-state index contributed by atoms with van der Waals surface area (Å²) in [5.41, 5.74) is 4.56. The summed E-state index contributed by atoms with van der Waals surface area (Å²) in [7, 11) is 0. The van der Waals surface area contributed by atoms with Crippen molar-refractivity contribution in [1.29, 1.82) is 0 Å². The number of hydrogen-bond acceptors (Lipinski definition) is 2. The van der Waals surface area contributed by atoms with Gasteiger partial charge in [-0.25, -0.2) is 0 Å². The summed E-state index contributed by atoms with van der Waals surface area (Å²) >= 11 is 0. The molecule has 1 N–H and O–H groups in total. The highest BCUT2D eigenvalue weighted by Gasteiger charge is 2.08. The second kappa shape index (κ2) is 6.35. The van der Waals surface area contributed by atoms with Crippen LogP contribution in [0.3, 0.4) is 0 Å². The molecule has 0 atom stereocenters. The molecule has 0 fully saturated rings. The second-order valence-electron chi connectivity index (χ2n) is 5.29. The highest BCUT2D eigenvalue weighted by Crippen LogP contribution is 2.14. The van der Waals surface area contributed by atoms with Crippen molar-refractivity contribution < 1.29 is 9.59 Å². The molecule has 0 aliphatic heterocycles. The van der Waals surface area contributed by atoms with Crippen LogP contribution in [0.5, 0.6) is 0 Å². The molecule has 0 bridgehead atoms. The molecule has 0 saturated carbocycles. The Labute approximate surface area is 125 Å². The lowest BCUT2D eigenvalue weighted by molar-refractivity contribution is -0.115. The summed E-state index contributed by atoms with van der Waals surface area (Å²) in [6.07, 6.45) is 0.330. The summed E-state index contributed by atoms with van der Waals surface area (Å²) in [5, 5.41) is 2.84. The van der Waals surface area contributed by atoms with Crippen LogP contribution in [0, 0.1) is 13.8 Å². The first-order valence-corrected chi connectivity index (χ1v) is 6.92. The molecule has 0 heterocycles. The zero-order valence-electron chi connectivity index (χ0n) is 12.6. The topological polar surface area (TPSA) is 46.2 Å². The molecule has 2 aromatic carbocycles. The standard InChI is InChI=1S/C18H19NO2/c1-12-7-8-15(13(2)9-12)11-18(21)19-17-6-4-5-16(10-17)14(3)20/h4-10H,11H2,1-3H3,(H,19,21). The Hall–Kier alpha value is -2.42. The maximum Gasteiger partial charge on any atom is 0.228 e. The summed E-state index contributed by atoms with van der Waals surface area (Å²) in [6.45, 7) is 5.55. The predicted molar refractivity (Wildman–Crippen MR) is 84.7 cm³/mol. The van der Waals surface area contributed by atoms with Crippen LogP contribution in [0.25, 0.3) is 0 Å². The van der Waals surface area contributed by atoms with E-state index in [1.165, 1.54) is 12.5 Å². The fourth-order valence-corrected chi connectivity index (χ4v) is 2.24. The van der Waals surface area contributed by atoms with Gasteiger partial charge in [-0.2, -0.15) is 0 Å². The molecule has 3 heteroatoms. The Morgan fingerprint density at radius 2 is 1.81 bits per heavy atom.